The smallest absolute Gasteiger partial charge is 0.263 e. The van der Waals surface area contributed by atoms with E-state index in [1.54, 1.807) is 6.07 Å². The molecule has 5 heterocycles. The number of morpholine rings is 2. The van der Waals surface area contributed by atoms with Crippen LogP contribution < -0.4 is 5.32 Å². The Balaban J connectivity index is 1.22. The van der Waals surface area contributed by atoms with Crippen molar-refractivity contribution in [2.24, 2.45) is 0 Å². The van der Waals surface area contributed by atoms with Gasteiger partial charge in [-0.2, -0.15) is 0 Å². The fourth-order valence-corrected chi connectivity index (χ4v) is 9.34. The van der Waals surface area contributed by atoms with Gasteiger partial charge < -0.3 is 19.7 Å². The van der Waals surface area contributed by atoms with Crippen LogP contribution in [0.3, 0.4) is 0 Å². The van der Waals surface area contributed by atoms with Gasteiger partial charge in [-0.15, -0.1) is 0 Å². The van der Waals surface area contributed by atoms with Crippen molar-refractivity contribution in [3.8, 4) is 11.1 Å². The number of imide groups is 2. The lowest BCUT2D eigenvalue weighted by molar-refractivity contribution is 0.0351. The SMILES string of the molecule is CCN(CC)Cc1ccc(-c2cc3c4c(c(NCCN5CCCC5)cc5c4c2C(=O)N(CCCN2CCOCC2)C5=O)C(=O)N(CCCN2CCOCC2)C3=O)cc1. The molecule has 5 aliphatic heterocycles. The van der Waals surface area contributed by atoms with Crippen molar-refractivity contribution in [2.45, 2.75) is 46.1 Å². The quantitative estimate of drug-likeness (QED) is 0.195. The molecule has 0 aromatic heterocycles. The van der Waals surface area contributed by atoms with Crippen LogP contribution >= 0.6 is 0 Å². The maximum absolute atomic E-state index is 14.9. The molecular formula is C45H59N7O6. The van der Waals surface area contributed by atoms with E-state index in [0.717, 1.165) is 89.7 Å². The van der Waals surface area contributed by atoms with Crippen LogP contribution in [0.1, 0.15) is 86.5 Å². The van der Waals surface area contributed by atoms with E-state index in [-0.39, 0.29) is 30.8 Å². The minimum Gasteiger partial charge on any atom is -0.383 e. The first kappa shape index (κ1) is 40.5. The Kier molecular flexibility index (Phi) is 12.8. The fourth-order valence-electron chi connectivity index (χ4n) is 9.34. The second-order valence-electron chi connectivity index (χ2n) is 16.2. The Bertz CT molecular complexity index is 2000. The Morgan fingerprint density at radius 3 is 1.67 bits per heavy atom. The van der Waals surface area contributed by atoms with Crippen molar-refractivity contribution < 1.29 is 28.7 Å². The molecule has 0 spiro atoms. The summed E-state index contributed by atoms with van der Waals surface area (Å²) in [6, 6.07) is 11.8. The number of anilines is 1. The number of carbonyl (C=O) groups excluding carboxylic acids is 4. The zero-order valence-electron chi connectivity index (χ0n) is 34.4. The first-order valence-electron chi connectivity index (χ1n) is 21.6. The third kappa shape index (κ3) is 8.30. The molecule has 3 aromatic rings. The number of ether oxygens (including phenoxy) is 2. The van der Waals surface area contributed by atoms with Crippen LogP contribution in [0.15, 0.2) is 36.4 Å². The van der Waals surface area contributed by atoms with Gasteiger partial charge in [0.1, 0.15) is 0 Å². The minimum absolute atomic E-state index is 0.258. The summed E-state index contributed by atoms with van der Waals surface area (Å²) in [4.78, 5) is 71.1. The van der Waals surface area contributed by atoms with Crippen LogP contribution in [0.2, 0.25) is 0 Å². The van der Waals surface area contributed by atoms with Crippen LogP contribution in [-0.2, 0) is 16.0 Å². The van der Waals surface area contributed by atoms with E-state index < -0.39 is 5.91 Å². The van der Waals surface area contributed by atoms with Crippen molar-refractivity contribution in [1.29, 1.82) is 0 Å². The van der Waals surface area contributed by atoms with Gasteiger partial charge in [0.15, 0.2) is 0 Å². The van der Waals surface area contributed by atoms with E-state index in [2.05, 4.69) is 50.9 Å². The molecule has 0 bridgehead atoms. The highest BCUT2D eigenvalue weighted by Gasteiger charge is 2.43. The number of hydrogen-bond donors (Lipinski definition) is 1. The number of rotatable bonds is 17. The monoisotopic (exact) mass is 793 g/mol. The summed E-state index contributed by atoms with van der Waals surface area (Å²) in [6.07, 6.45) is 3.59. The molecule has 0 atom stereocenters. The van der Waals surface area contributed by atoms with E-state index in [1.165, 1.54) is 22.6 Å². The number of carbonyl (C=O) groups is 4. The highest BCUT2D eigenvalue weighted by Crippen LogP contribution is 2.45. The van der Waals surface area contributed by atoms with Crippen LogP contribution in [0.5, 0.6) is 0 Å². The second kappa shape index (κ2) is 18.4. The lowest BCUT2D eigenvalue weighted by atomic mass is 9.81. The summed E-state index contributed by atoms with van der Waals surface area (Å²) in [7, 11) is 0. The summed E-state index contributed by atoms with van der Waals surface area (Å²) in [5.74, 6) is -1.55. The molecule has 0 radical (unpaired) electrons. The van der Waals surface area contributed by atoms with E-state index in [0.29, 0.717) is 90.1 Å². The predicted octanol–water partition coefficient (Wildman–Crippen LogP) is 4.49. The fraction of sp³-hybridized carbons (Fsp3) is 0.556. The zero-order chi connectivity index (χ0) is 40.2. The number of likely N-dealkylation sites (tertiary alicyclic amines) is 1. The van der Waals surface area contributed by atoms with Crippen molar-refractivity contribution in [3.05, 3.63) is 64.2 Å². The number of nitrogens with zero attached hydrogens (tertiary/aromatic N) is 6. The van der Waals surface area contributed by atoms with Crippen LogP contribution in [0.25, 0.3) is 21.9 Å². The number of amides is 4. The van der Waals surface area contributed by atoms with Crippen LogP contribution in [0, 0.1) is 0 Å². The molecule has 3 aromatic carbocycles. The first-order valence-corrected chi connectivity index (χ1v) is 21.6. The van der Waals surface area contributed by atoms with Crippen LogP contribution in [0.4, 0.5) is 5.69 Å². The van der Waals surface area contributed by atoms with E-state index in [1.807, 2.05) is 18.2 Å². The average Bonchev–Trinajstić information content (AvgIpc) is 3.78. The molecular weight excluding hydrogens is 735 g/mol. The maximum Gasteiger partial charge on any atom is 0.263 e. The molecule has 0 unspecified atom stereocenters. The molecule has 5 aliphatic rings. The average molecular weight is 794 g/mol. The Hall–Kier alpha value is -4.24. The van der Waals surface area contributed by atoms with E-state index in [4.69, 9.17) is 9.47 Å². The largest absolute Gasteiger partial charge is 0.383 e. The third-order valence-corrected chi connectivity index (χ3v) is 12.7. The maximum atomic E-state index is 14.9. The number of hydrogen-bond acceptors (Lipinski definition) is 11. The second-order valence-corrected chi connectivity index (χ2v) is 16.2. The molecule has 0 aliphatic carbocycles. The lowest BCUT2D eigenvalue weighted by Gasteiger charge is -2.35. The topological polar surface area (TPSA) is 118 Å². The molecule has 8 rings (SSSR count). The van der Waals surface area contributed by atoms with Gasteiger partial charge in [0.05, 0.1) is 43.1 Å². The van der Waals surface area contributed by atoms with E-state index in [9.17, 15) is 19.2 Å². The Labute approximate surface area is 342 Å². The molecule has 4 amide bonds. The number of nitrogens with one attached hydrogen (secondary N) is 1. The van der Waals surface area contributed by atoms with Gasteiger partial charge in [-0.05, 0) is 80.7 Å². The Morgan fingerprint density at radius 1 is 0.586 bits per heavy atom. The molecule has 3 fully saturated rings. The van der Waals surface area contributed by atoms with Gasteiger partial charge >= 0.3 is 0 Å². The molecule has 1 N–H and O–H groups in total. The zero-order valence-corrected chi connectivity index (χ0v) is 34.4. The van der Waals surface area contributed by atoms with Crippen molar-refractivity contribution in [3.63, 3.8) is 0 Å². The van der Waals surface area contributed by atoms with Crippen molar-refractivity contribution in [2.75, 3.05) is 123 Å². The van der Waals surface area contributed by atoms with Gasteiger partial charge in [-0.3, -0.25) is 43.7 Å². The highest BCUT2D eigenvalue weighted by molar-refractivity contribution is 6.36. The lowest BCUT2D eigenvalue weighted by Crippen LogP contribution is -2.45. The summed E-state index contributed by atoms with van der Waals surface area (Å²) in [5, 5.41) is 4.37. The highest BCUT2D eigenvalue weighted by atomic mass is 16.5. The summed E-state index contributed by atoms with van der Waals surface area (Å²) < 4.78 is 11.1. The molecule has 3 saturated heterocycles. The summed E-state index contributed by atoms with van der Waals surface area (Å²) >= 11 is 0. The standard InChI is InChI=1S/C45H59N7O6/c1-3-47(4-2)31-32-9-11-33(12-10-32)34-29-35-39-38-36(43(54)51(44(55)40(34)38)18-7-16-49-21-25-57-26-22-49)30-37(46-13-20-48-14-5-6-15-48)41(39)45(56)52(42(35)53)19-8-17-50-23-27-58-28-24-50/h9-12,29-30,46H,3-8,13-28,31H2,1-2H3. The molecule has 13 heteroatoms. The summed E-state index contributed by atoms with van der Waals surface area (Å²) in [6.45, 7) is 18.4. The number of benzene rings is 3. The Morgan fingerprint density at radius 2 is 1.10 bits per heavy atom. The van der Waals surface area contributed by atoms with Crippen molar-refractivity contribution in [1.82, 2.24) is 29.4 Å². The van der Waals surface area contributed by atoms with Gasteiger partial charge in [0.25, 0.3) is 23.6 Å². The molecule has 58 heavy (non-hydrogen) atoms. The van der Waals surface area contributed by atoms with Crippen molar-refractivity contribution >= 4 is 40.1 Å². The van der Waals surface area contributed by atoms with Gasteiger partial charge in [-0.25, -0.2) is 0 Å². The summed E-state index contributed by atoms with van der Waals surface area (Å²) in [5.41, 5.74) is 4.53. The predicted molar refractivity (Wildman–Crippen MR) is 225 cm³/mol. The third-order valence-electron chi connectivity index (χ3n) is 12.7. The van der Waals surface area contributed by atoms with Gasteiger partial charge in [0.2, 0.25) is 0 Å². The van der Waals surface area contributed by atoms with E-state index >= 15 is 0 Å². The van der Waals surface area contributed by atoms with Gasteiger partial charge in [0, 0.05) is 94.0 Å². The normalized spacial score (nSPS) is 19.4. The molecule has 13 nitrogen and oxygen atoms in total. The van der Waals surface area contributed by atoms with Gasteiger partial charge in [-0.1, -0.05) is 38.1 Å². The first-order chi connectivity index (χ1) is 28.4. The molecule has 310 valence electrons. The minimum atomic E-state index is -0.390. The molecule has 0 saturated carbocycles. The van der Waals surface area contributed by atoms with Crippen LogP contribution in [-0.4, -0.2) is 171 Å².